The van der Waals surface area contributed by atoms with Crippen LogP contribution in [-0.2, 0) is 15.3 Å². The van der Waals surface area contributed by atoms with Crippen LogP contribution >= 0.6 is 58.7 Å². The fraction of sp³-hybridized carbons (Fsp3) is 0.174. The molecular formula is C23H18ClFN4O2S4. The molecule has 3 aromatic rings. The molecule has 0 aliphatic carbocycles. The van der Waals surface area contributed by atoms with Gasteiger partial charge in [-0.2, -0.15) is 0 Å². The molecule has 180 valence electrons. The Kier molecular flexibility index (Phi) is 8.90. The Morgan fingerprint density at radius 1 is 1.20 bits per heavy atom. The monoisotopic (exact) mass is 564 g/mol. The number of benzene rings is 2. The molecule has 0 radical (unpaired) electrons. The van der Waals surface area contributed by atoms with Crippen LogP contribution in [-0.4, -0.2) is 37.8 Å². The van der Waals surface area contributed by atoms with Crippen molar-refractivity contribution < 1.29 is 14.0 Å². The number of hydrogen-bond donors (Lipinski definition) is 1. The average molecular weight is 565 g/mol. The van der Waals surface area contributed by atoms with E-state index in [1.165, 1.54) is 45.8 Å². The third-order valence-electron chi connectivity index (χ3n) is 4.79. The van der Waals surface area contributed by atoms with E-state index in [2.05, 4.69) is 15.5 Å². The molecule has 1 saturated heterocycles. The summed E-state index contributed by atoms with van der Waals surface area (Å²) in [6.07, 6.45) is 2.42. The lowest BCUT2D eigenvalue weighted by atomic mass is 10.2. The van der Waals surface area contributed by atoms with E-state index >= 15 is 0 Å². The number of hydrogen-bond acceptors (Lipinski definition) is 8. The third kappa shape index (κ3) is 7.11. The zero-order valence-electron chi connectivity index (χ0n) is 18.1. The number of amides is 2. The number of nitrogens with zero attached hydrogens (tertiary/aromatic N) is 3. The summed E-state index contributed by atoms with van der Waals surface area (Å²) in [5.41, 5.74) is 1.44. The van der Waals surface area contributed by atoms with Crippen molar-refractivity contribution in [1.29, 1.82) is 0 Å². The number of anilines is 1. The van der Waals surface area contributed by atoms with Gasteiger partial charge in [-0.25, -0.2) is 4.39 Å². The van der Waals surface area contributed by atoms with Crippen molar-refractivity contribution in [3.63, 3.8) is 0 Å². The van der Waals surface area contributed by atoms with E-state index in [0.29, 0.717) is 48.0 Å². The van der Waals surface area contributed by atoms with E-state index in [0.717, 1.165) is 5.56 Å². The Balaban J connectivity index is 1.23. The maximum atomic E-state index is 13.7. The highest BCUT2D eigenvalue weighted by Crippen LogP contribution is 2.33. The lowest BCUT2D eigenvalue weighted by Crippen LogP contribution is -2.29. The lowest BCUT2D eigenvalue weighted by Gasteiger charge is -2.13. The molecule has 2 heterocycles. The van der Waals surface area contributed by atoms with E-state index in [4.69, 9.17) is 23.8 Å². The first-order chi connectivity index (χ1) is 16.9. The zero-order chi connectivity index (χ0) is 24.8. The minimum absolute atomic E-state index is 0.170. The molecule has 1 aliphatic rings. The van der Waals surface area contributed by atoms with Gasteiger partial charge in [0.15, 0.2) is 4.34 Å². The Hall–Kier alpha value is -2.31. The van der Waals surface area contributed by atoms with E-state index in [1.54, 1.807) is 36.4 Å². The van der Waals surface area contributed by atoms with Crippen LogP contribution in [0.3, 0.4) is 0 Å². The van der Waals surface area contributed by atoms with Gasteiger partial charge in [0, 0.05) is 23.7 Å². The van der Waals surface area contributed by atoms with Crippen LogP contribution in [0.1, 0.15) is 24.0 Å². The van der Waals surface area contributed by atoms with Crippen molar-refractivity contribution in [1.82, 2.24) is 15.1 Å². The summed E-state index contributed by atoms with van der Waals surface area (Å²) in [5.74, 6) is -0.240. The molecule has 0 unspecified atom stereocenters. The normalized spacial score (nSPS) is 14.7. The molecule has 2 amide bonds. The molecule has 35 heavy (non-hydrogen) atoms. The smallest absolute Gasteiger partial charge is 0.266 e. The van der Waals surface area contributed by atoms with Gasteiger partial charge >= 0.3 is 0 Å². The summed E-state index contributed by atoms with van der Waals surface area (Å²) in [7, 11) is 0. The molecule has 1 aromatic heterocycles. The quantitative estimate of drug-likeness (QED) is 0.143. The maximum absolute atomic E-state index is 13.7. The summed E-state index contributed by atoms with van der Waals surface area (Å²) in [6.45, 7) is 0.343. The summed E-state index contributed by atoms with van der Waals surface area (Å²) >= 11 is 15.1. The standard InChI is InChI=1S/C23H18ClFN4O2S4/c24-16-9-7-14(8-10-16)12-18-20(31)29(23(32)34-18)11-3-6-19(30)26-21-27-28-22(35-21)33-13-15-4-1-2-5-17(15)25/h1-2,4-5,7-10,12H,3,6,11,13H2,(H,26,27,30)/b18-12-. The predicted molar refractivity (Wildman–Crippen MR) is 145 cm³/mol. The number of carbonyl (C=O) groups is 2. The van der Waals surface area contributed by atoms with Crippen LogP contribution in [0, 0.1) is 5.82 Å². The van der Waals surface area contributed by atoms with Crippen LogP contribution in [0.5, 0.6) is 0 Å². The van der Waals surface area contributed by atoms with Crippen molar-refractivity contribution in [3.05, 3.63) is 75.4 Å². The molecule has 0 bridgehead atoms. The summed E-state index contributed by atoms with van der Waals surface area (Å²) in [5, 5.41) is 11.7. The first-order valence-electron chi connectivity index (χ1n) is 10.4. The third-order valence-corrected chi connectivity index (χ3v) is 8.44. The lowest BCUT2D eigenvalue weighted by molar-refractivity contribution is -0.122. The fourth-order valence-electron chi connectivity index (χ4n) is 3.06. The molecule has 1 N–H and O–H groups in total. The van der Waals surface area contributed by atoms with Gasteiger partial charge in [0.05, 0.1) is 4.91 Å². The SMILES string of the molecule is O=C(CCCN1C(=O)/C(=C/c2ccc(Cl)cc2)SC1=S)Nc1nnc(SCc2ccccc2F)s1. The van der Waals surface area contributed by atoms with Crippen LogP contribution in [0.15, 0.2) is 57.8 Å². The van der Waals surface area contributed by atoms with Gasteiger partial charge in [-0.05, 0) is 41.8 Å². The Bertz CT molecular complexity index is 1280. The van der Waals surface area contributed by atoms with Gasteiger partial charge in [-0.1, -0.05) is 89.0 Å². The number of carbonyl (C=O) groups excluding carboxylic acids is 2. The van der Waals surface area contributed by atoms with Gasteiger partial charge in [0.2, 0.25) is 11.0 Å². The van der Waals surface area contributed by atoms with E-state index < -0.39 is 0 Å². The van der Waals surface area contributed by atoms with Gasteiger partial charge in [0.1, 0.15) is 10.1 Å². The number of aromatic nitrogens is 2. The van der Waals surface area contributed by atoms with Crippen LogP contribution in [0.4, 0.5) is 9.52 Å². The van der Waals surface area contributed by atoms with E-state index in [1.807, 2.05) is 12.1 Å². The molecule has 0 spiro atoms. The molecular weight excluding hydrogens is 547 g/mol. The topological polar surface area (TPSA) is 75.2 Å². The van der Waals surface area contributed by atoms with Gasteiger partial charge in [-0.15, -0.1) is 10.2 Å². The summed E-state index contributed by atoms with van der Waals surface area (Å²) in [4.78, 5) is 27.1. The number of thioether (sulfide) groups is 2. The van der Waals surface area contributed by atoms with Gasteiger partial charge < -0.3 is 5.32 Å². The van der Waals surface area contributed by atoms with Crippen molar-refractivity contribution in [2.75, 3.05) is 11.9 Å². The van der Waals surface area contributed by atoms with E-state index in [-0.39, 0.29) is 24.1 Å². The second-order valence-corrected chi connectivity index (χ2v) is 11.6. The fourth-order valence-corrected chi connectivity index (χ4v) is 6.25. The van der Waals surface area contributed by atoms with Crippen molar-refractivity contribution in [3.8, 4) is 0 Å². The van der Waals surface area contributed by atoms with Gasteiger partial charge in [-0.3, -0.25) is 14.5 Å². The molecule has 1 fully saturated rings. The molecule has 4 rings (SSSR count). The molecule has 6 nitrogen and oxygen atoms in total. The second kappa shape index (κ2) is 12.1. The first kappa shape index (κ1) is 25.8. The molecule has 2 aromatic carbocycles. The zero-order valence-corrected chi connectivity index (χ0v) is 22.1. The Morgan fingerprint density at radius 2 is 1.97 bits per heavy atom. The van der Waals surface area contributed by atoms with Crippen molar-refractivity contribution >= 4 is 86.0 Å². The van der Waals surface area contributed by atoms with Crippen molar-refractivity contribution in [2.45, 2.75) is 22.9 Å². The number of nitrogens with one attached hydrogen (secondary N) is 1. The largest absolute Gasteiger partial charge is 0.301 e. The number of thiocarbonyl (C=S) groups is 1. The maximum Gasteiger partial charge on any atom is 0.266 e. The average Bonchev–Trinajstić information content (AvgIpc) is 3.39. The number of halogens is 2. The summed E-state index contributed by atoms with van der Waals surface area (Å²) in [6, 6.07) is 13.7. The highest BCUT2D eigenvalue weighted by molar-refractivity contribution is 8.26. The van der Waals surface area contributed by atoms with E-state index in [9.17, 15) is 14.0 Å². The first-order valence-corrected chi connectivity index (χ1v) is 13.8. The minimum atomic E-state index is -0.264. The molecule has 0 atom stereocenters. The minimum Gasteiger partial charge on any atom is -0.301 e. The molecule has 12 heteroatoms. The Morgan fingerprint density at radius 3 is 2.74 bits per heavy atom. The summed E-state index contributed by atoms with van der Waals surface area (Å²) < 4.78 is 14.8. The Labute approximate surface area is 224 Å². The van der Waals surface area contributed by atoms with Gasteiger partial charge in [0.25, 0.3) is 5.91 Å². The number of rotatable bonds is 9. The molecule has 1 aliphatic heterocycles. The highest BCUT2D eigenvalue weighted by Gasteiger charge is 2.31. The molecule has 0 saturated carbocycles. The van der Waals surface area contributed by atoms with Crippen LogP contribution < -0.4 is 5.32 Å². The second-order valence-electron chi connectivity index (χ2n) is 7.29. The predicted octanol–water partition coefficient (Wildman–Crippen LogP) is 6.24. The van der Waals surface area contributed by atoms with Crippen LogP contribution in [0.2, 0.25) is 5.02 Å². The van der Waals surface area contributed by atoms with Crippen LogP contribution in [0.25, 0.3) is 6.08 Å². The van der Waals surface area contributed by atoms with Crippen molar-refractivity contribution in [2.24, 2.45) is 0 Å². The highest BCUT2D eigenvalue weighted by atomic mass is 35.5.